The summed E-state index contributed by atoms with van der Waals surface area (Å²) >= 11 is 0. The van der Waals surface area contributed by atoms with Gasteiger partial charge < -0.3 is 4.42 Å². The van der Waals surface area contributed by atoms with Crippen LogP contribution in [0, 0.1) is 11.8 Å². The van der Waals surface area contributed by atoms with Gasteiger partial charge in [-0.25, -0.2) is 0 Å². The molecule has 4 aromatic carbocycles. The molecule has 6 rings (SSSR count). The number of aromatic nitrogens is 2. The second kappa shape index (κ2) is 8.72. The van der Waals surface area contributed by atoms with Crippen LogP contribution in [-0.4, -0.2) is 16.0 Å². The van der Waals surface area contributed by atoms with Crippen LogP contribution in [0.1, 0.15) is 53.4 Å². The minimum Gasteiger partial charge on any atom is -0.416 e. The summed E-state index contributed by atoms with van der Waals surface area (Å²) in [4.78, 5) is 12.8. The lowest BCUT2D eigenvalue weighted by Crippen LogP contribution is -2.10. The highest BCUT2D eigenvalue weighted by atomic mass is 16.4. The van der Waals surface area contributed by atoms with Crippen molar-refractivity contribution in [2.24, 2.45) is 0 Å². The van der Waals surface area contributed by atoms with Gasteiger partial charge in [-0.2, -0.15) is 0 Å². The van der Waals surface area contributed by atoms with Crippen molar-refractivity contribution in [2.75, 3.05) is 0 Å². The molecule has 0 saturated heterocycles. The highest BCUT2D eigenvalue weighted by Crippen LogP contribution is 2.36. The van der Waals surface area contributed by atoms with Gasteiger partial charge >= 0.3 is 0 Å². The molecule has 0 N–H and O–H groups in total. The van der Waals surface area contributed by atoms with E-state index in [4.69, 9.17) is 4.42 Å². The van der Waals surface area contributed by atoms with Crippen molar-refractivity contribution in [3.8, 4) is 45.9 Å². The average molecular weight is 481 g/mol. The summed E-state index contributed by atoms with van der Waals surface area (Å²) in [5.41, 5.74) is 8.16. The fraction of sp³-hybridized carbons (Fsp3) is 0.121. The smallest absolute Gasteiger partial charge is 0.248 e. The molecule has 1 aliphatic rings. The Morgan fingerprint density at radius 2 is 1.16 bits per heavy atom. The Labute approximate surface area is 216 Å². The first-order valence-electron chi connectivity index (χ1n) is 12.2. The summed E-state index contributed by atoms with van der Waals surface area (Å²) in [5.74, 6) is 7.39. The zero-order chi connectivity index (χ0) is 25.6. The van der Waals surface area contributed by atoms with Gasteiger partial charge in [0.05, 0.1) is 0 Å². The minimum absolute atomic E-state index is 0.0580. The van der Waals surface area contributed by atoms with Crippen LogP contribution in [0.15, 0.2) is 95.4 Å². The quantitative estimate of drug-likeness (QED) is 0.244. The van der Waals surface area contributed by atoms with Gasteiger partial charge in [-0.3, -0.25) is 4.79 Å². The van der Waals surface area contributed by atoms with E-state index >= 15 is 0 Å². The summed E-state index contributed by atoms with van der Waals surface area (Å²) < 4.78 is 5.94. The predicted molar refractivity (Wildman–Crippen MR) is 145 cm³/mol. The van der Waals surface area contributed by atoms with Crippen LogP contribution in [0.5, 0.6) is 0 Å². The molecule has 0 unspecified atom stereocenters. The first-order valence-corrected chi connectivity index (χ1v) is 12.2. The largest absolute Gasteiger partial charge is 0.416 e. The Balaban J connectivity index is 1.19. The third-order valence-corrected chi connectivity index (χ3v) is 6.63. The molecular weight excluding hydrogens is 456 g/mol. The van der Waals surface area contributed by atoms with Crippen LogP contribution in [-0.2, 0) is 5.41 Å². The van der Waals surface area contributed by atoms with Crippen molar-refractivity contribution in [1.82, 2.24) is 10.2 Å². The molecule has 0 amide bonds. The topological polar surface area (TPSA) is 56.0 Å². The number of carbonyl (C=O) groups excluding carboxylic acids is 1. The lowest BCUT2D eigenvalue weighted by molar-refractivity contribution is 0.104. The van der Waals surface area contributed by atoms with Gasteiger partial charge in [0.15, 0.2) is 5.78 Å². The SMILES string of the molecule is CC(C)(C)c1ccc(-c2nnc(-c3ccc(C#Cc4ccc5c(c4)C(=O)c4ccccc4-5)cc3)o2)cc1. The van der Waals surface area contributed by atoms with Crippen LogP contribution in [0.2, 0.25) is 0 Å². The number of rotatable bonds is 2. The van der Waals surface area contributed by atoms with Gasteiger partial charge in [-0.1, -0.05) is 75.1 Å². The van der Waals surface area contributed by atoms with Gasteiger partial charge in [0.25, 0.3) is 0 Å². The van der Waals surface area contributed by atoms with Crippen molar-refractivity contribution in [1.29, 1.82) is 0 Å². The van der Waals surface area contributed by atoms with Gasteiger partial charge in [-0.05, 0) is 70.6 Å². The molecule has 0 fully saturated rings. The fourth-order valence-corrected chi connectivity index (χ4v) is 4.52. The molecule has 4 nitrogen and oxygen atoms in total. The van der Waals surface area contributed by atoms with Gasteiger partial charge in [0, 0.05) is 33.4 Å². The van der Waals surface area contributed by atoms with E-state index in [9.17, 15) is 4.79 Å². The maximum atomic E-state index is 12.8. The number of benzene rings is 4. The summed E-state index contributed by atoms with van der Waals surface area (Å²) in [6.07, 6.45) is 0. The van der Waals surface area contributed by atoms with Crippen molar-refractivity contribution in [3.63, 3.8) is 0 Å². The molecule has 0 spiro atoms. The normalized spacial score (nSPS) is 12.0. The van der Waals surface area contributed by atoms with Crippen molar-refractivity contribution in [2.45, 2.75) is 26.2 Å². The Morgan fingerprint density at radius 1 is 0.622 bits per heavy atom. The van der Waals surface area contributed by atoms with Crippen LogP contribution in [0.4, 0.5) is 0 Å². The third kappa shape index (κ3) is 4.26. The molecule has 0 bridgehead atoms. The van der Waals surface area contributed by atoms with Crippen LogP contribution >= 0.6 is 0 Å². The molecule has 0 aliphatic heterocycles. The van der Waals surface area contributed by atoms with Gasteiger partial charge in [-0.15, -0.1) is 10.2 Å². The molecule has 0 atom stereocenters. The zero-order valence-corrected chi connectivity index (χ0v) is 20.9. The lowest BCUT2D eigenvalue weighted by Gasteiger charge is -2.18. The van der Waals surface area contributed by atoms with E-state index in [1.807, 2.05) is 78.9 Å². The number of hydrogen-bond donors (Lipinski definition) is 0. The molecule has 5 aromatic rings. The van der Waals surface area contributed by atoms with E-state index in [-0.39, 0.29) is 11.2 Å². The maximum Gasteiger partial charge on any atom is 0.248 e. The van der Waals surface area contributed by atoms with E-state index in [2.05, 4.69) is 54.9 Å². The standard InChI is InChI=1S/C33H24N2O2/c1-33(2,3)25-17-15-24(16-18-25)32-35-34-31(37-32)23-13-10-21(11-14-23)8-9-22-12-19-27-26-6-4-5-7-28(26)30(36)29(27)20-22/h4-7,10-20H,1-3H3. The number of nitrogens with zero attached hydrogens (tertiary/aromatic N) is 2. The second-order valence-corrected chi connectivity index (χ2v) is 10.2. The van der Waals surface area contributed by atoms with Crippen molar-refractivity contribution < 1.29 is 9.21 Å². The number of carbonyl (C=O) groups is 1. The Hall–Kier alpha value is -4.75. The Bertz CT molecular complexity index is 1710. The van der Waals surface area contributed by atoms with Crippen LogP contribution < -0.4 is 0 Å². The fourth-order valence-electron chi connectivity index (χ4n) is 4.52. The molecule has 1 aromatic heterocycles. The van der Waals surface area contributed by atoms with Crippen molar-refractivity contribution >= 4 is 5.78 Å². The molecule has 1 heterocycles. The van der Waals surface area contributed by atoms with Crippen LogP contribution in [0.3, 0.4) is 0 Å². The van der Waals surface area contributed by atoms with Gasteiger partial charge in [0.1, 0.15) is 0 Å². The lowest BCUT2D eigenvalue weighted by atomic mass is 9.87. The second-order valence-electron chi connectivity index (χ2n) is 10.2. The molecule has 0 saturated carbocycles. The summed E-state index contributed by atoms with van der Waals surface area (Å²) in [7, 11) is 0. The van der Waals surface area contributed by atoms with E-state index in [0.29, 0.717) is 17.3 Å². The van der Waals surface area contributed by atoms with Crippen molar-refractivity contribution in [3.05, 3.63) is 119 Å². The Morgan fingerprint density at radius 3 is 1.81 bits per heavy atom. The number of ketones is 1. The average Bonchev–Trinajstić information content (AvgIpc) is 3.51. The van der Waals surface area contributed by atoms with E-state index in [1.54, 1.807) is 0 Å². The van der Waals surface area contributed by atoms with E-state index in [1.165, 1.54) is 5.56 Å². The minimum atomic E-state index is 0.0580. The highest BCUT2D eigenvalue weighted by molar-refractivity contribution is 6.21. The highest BCUT2D eigenvalue weighted by Gasteiger charge is 2.26. The first kappa shape index (κ1) is 22.7. The number of fused-ring (bicyclic) bond motifs is 3. The summed E-state index contributed by atoms with van der Waals surface area (Å²) in [6, 6.07) is 29.5. The first-order chi connectivity index (χ1) is 17.9. The van der Waals surface area contributed by atoms with Gasteiger partial charge in [0.2, 0.25) is 11.8 Å². The molecule has 1 aliphatic carbocycles. The molecule has 178 valence electrons. The summed E-state index contributed by atoms with van der Waals surface area (Å²) in [5, 5.41) is 8.46. The third-order valence-electron chi connectivity index (χ3n) is 6.63. The predicted octanol–water partition coefficient (Wildman–Crippen LogP) is 7.31. The van der Waals surface area contributed by atoms with Crippen LogP contribution in [0.25, 0.3) is 34.0 Å². The number of hydrogen-bond acceptors (Lipinski definition) is 4. The molecule has 0 radical (unpaired) electrons. The molecule has 4 heteroatoms. The summed E-state index contributed by atoms with van der Waals surface area (Å²) in [6.45, 7) is 6.56. The Kier molecular flexibility index (Phi) is 5.35. The van der Waals surface area contributed by atoms with E-state index < -0.39 is 0 Å². The monoisotopic (exact) mass is 480 g/mol. The molecular formula is C33H24N2O2. The zero-order valence-electron chi connectivity index (χ0n) is 20.9. The molecule has 37 heavy (non-hydrogen) atoms. The van der Waals surface area contributed by atoms with E-state index in [0.717, 1.165) is 38.9 Å². The maximum absolute atomic E-state index is 12.8.